The van der Waals surface area contributed by atoms with Crippen molar-refractivity contribution in [2.45, 2.75) is 26.1 Å². The molecule has 0 radical (unpaired) electrons. The number of nitrogens with two attached hydrogens (primary N) is 1. The van der Waals surface area contributed by atoms with E-state index in [9.17, 15) is 9.90 Å². The first-order valence-electron chi connectivity index (χ1n) is 5.31. The third-order valence-electron chi connectivity index (χ3n) is 2.41. The summed E-state index contributed by atoms with van der Waals surface area (Å²) < 4.78 is 5.97. The summed E-state index contributed by atoms with van der Waals surface area (Å²) in [7, 11) is 0. The van der Waals surface area contributed by atoms with Gasteiger partial charge in [-0.2, -0.15) is 0 Å². The van der Waals surface area contributed by atoms with Crippen LogP contribution in [0.5, 0.6) is 0 Å². The Morgan fingerprint density at radius 3 is 2.59 bits per heavy atom. The van der Waals surface area contributed by atoms with Crippen molar-refractivity contribution in [2.24, 2.45) is 11.7 Å². The van der Waals surface area contributed by atoms with E-state index in [1.54, 1.807) is 6.07 Å². The molecule has 5 heteroatoms. The first-order valence-corrected chi connectivity index (χ1v) is 6.39. The highest BCUT2D eigenvalue weighted by Gasteiger charge is 2.27. The maximum atomic E-state index is 10.8. The lowest BCUT2D eigenvalue weighted by Gasteiger charge is -2.25. The number of hydrogen-bond donors (Lipinski definition) is 2. The van der Waals surface area contributed by atoms with Gasteiger partial charge in [-0.1, -0.05) is 26.0 Å². The molecule has 0 bridgehead atoms. The average molecular weight is 349 g/mol. The number of rotatable bonds is 4. The normalized spacial score (nSPS) is 14.4. The molecule has 1 aromatic carbocycles. The zero-order valence-electron chi connectivity index (χ0n) is 9.76. The third kappa shape index (κ3) is 4.16. The van der Waals surface area contributed by atoms with Crippen LogP contribution in [0.15, 0.2) is 24.3 Å². The van der Waals surface area contributed by atoms with Crippen molar-refractivity contribution in [3.05, 3.63) is 33.4 Å². The van der Waals surface area contributed by atoms with Crippen LogP contribution in [0.25, 0.3) is 0 Å². The molecule has 1 aromatic rings. The molecule has 0 aromatic heterocycles. The highest BCUT2D eigenvalue weighted by Crippen LogP contribution is 2.25. The first-order chi connectivity index (χ1) is 7.91. The second-order valence-electron chi connectivity index (χ2n) is 4.15. The van der Waals surface area contributed by atoms with Crippen molar-refractivity contribution in [3.8, 4) is 0 Å². The van der Waals surface area contributed by atoms with Crippen LogP contribution in [0.3, 0.4) is 0 Å². The number of halogens is 1. The zero-order chi connectivity index (χ0) is 13.0. The summed E-state index contributed by atoms with van der Waals surface area (Å²) in [6.45, 7) is 3.73. The molecule has 94 valence electrons. The van der Waals surface area contributed by atoms with E-state index in [1.807, 2.05) is 32.0 Å². The molecule has 4 nitrogen and oxygen atoms in total. The van der Waals surface area contributed by atoms with Crippen LogP contribution >= 0.6 is 22.6 Å². The second kappa shape index (κ2) is 6.20. The Morgan fingerprint density at radius 1 is 1.47 bits per heavy atom. The smallest absolute Gasteiger partial charge is 0.404 e. The van der Waals surface area contributed by atoms with Crippen LogP contribution in [0.2, 0.25) is 0 Å². The number of carbonyl (C=O) groups is 1. The molecule has 1 rings (SSSR count). The molecule has 0 spiro atoms. The highest BCUT2D eigenvalue weighted by molar-refractivity contribution is 14.1. The van der Waals surface area contributed by atoms with Crippen molar-refractivity contribution >= 4 is 28.7 Å². The topological polar surface area (TPSA) is 72.5 Å². The van der Waals surface area contributed by atoms with Gasteiger partial charge in [-0.25, -0.2) is 4.79 Å². The van der Waals surface area contributed by atoms with Gasteiger partial charge in [0.15, 0.2) is 0 Å². The van der Waals surface area contributed by atoms with E-state index in [-0.39, 0.29) is 5.92 Å². The molecule has 0 heterocycles. The van der Waals surface area contributed by atoms with E-state index >= 15 is 0 Å². The fraction of sp³-hybridized carbons (Fsp3) is 0.417. The largest absolute Gasteiger partial charge is 0.443 e. The van der Waals surface area contributed by atoms with E-state index in [4.69, 9.17) is 10.5 Å². The minimum Gasteiger partial charge on any atom is -0.443 e. The monoisotopic (exact) mass is 349 g/mol. The zero-order valence-corrected chi connectivity index (χ0v) is 11.9. The Labute approximate surface area is 114 Å². The number of ether oxygens (including phenoxy) is 1. The van der Waals surface area contributed by atoms with Crippen LogP contribution in [0.1, 0.15) is 25.5 Å². The lowest BCUT2D eigenvalue weighted by atomic mass is 9.96. The van der Waals surface area contributed by atoms with Gasteiger partial charge in [0, 0.05) is 3.57 Å². The fourth-order valence-electron chi connectivity index (χ4n) is 1.58. The molecule has 0 saturated carbocycles. The van der Waals surface area contributed by atoms with Gasteiger partial charge >= 0.3 is 6.09 Å². The number of benzene rings is 1. The Kier molecular flexibility index (Phi) is 5.20. The molecule has 0 fully saturated rings. The summed E-state index contributed by atoms with van der Waals surface area (Å²) in [4.78, 5) is 10.8. The SMILES string of the molecule is CC(C)[C@@H](OC(N)=O)[C@H](O)c1cccc(I)c1. The quantitative estimate of drug-likeness (QED) is 0.821. The summed E-state index contributed by atoms with van der Waals surface area (Å²) >= 11 is 2.16. The van der Waals surface area contributed by atoms with Gasteiger partial charge in [-0.15, -0.1) is 0 Å². The molecule has 0 aliphatic carbocycles. The van der Waals surface area contributed by atoms with Crippen molar-refractivity contribution in [2.75, 3.05) is 0 Å². The van der Waals surface area contributed by atoms with E-state index in [0.29, 0.717) is 0 Å². The molecular weight excluding hydrogens is 333 g/mol. The Morgan fingerprint density at radius 2 is 2.12 bits per heavy atom. The summed E-state index contributed by atoms with van der Waals surface area (Å²) in [6.07, 6.45) is -2.36. The van der Waals surface area contributed by atoms with Crippen LogP contribution < -0.4 is 5.73 Å². The number of primary amides is 1. The van der Waals surface area contributed by atoms with Gasteiger partial charge in [0.1, 0.15) is 12.2 Å². The number of aliphatic hydroxyl groups is 1. The fourth-order valence-corrected chi connectivity index (χ4v) is 2.15. The molecule has 2 atom stereocenters. The predicted molar refractivity (Wildman–Crippen MR) is 73.4 cm³/mol. The van der Waals surface area contributed by atoms with Gasteiger partial charge in [0.2, 0.25) is 0 Å². The van der Waals surface area contributed by atoms with Crippen molar-refractivity contribution < 1.29 is 14.6 Å². The molecule has 0 aliphatic heterocycles. The molecule has 1 amide bonds. The van der Waals surface area contributed by atoms with Crippen LogP contribution in [0.4, 0.5) is 4.79 Å². The predicted octanol–water partition coefficient (Wildman–Crippen LogP) is 2.44. The number of amides is 1. The van der Waals surface area contributed by atoms with E-state index in [2.05, 4.69) is 22.6 Å². The summed E-state index contributed by atoms with van der Waals surface area (Å²) in [5.74, 6) is -0.0182. The third-order valence-corrected chi connectivity index (χ3v) is 3.08. The standard InChI is InChI=1S/C12H16INO3/c1-7(2)11(17-12(14)16)10(15)8-4-3-5-9(13)6-8/h3-7,10-11,15H,1-2H3,(H2,14,16)/t10-,11-/m1/s1. The van der Waals surface area contributed by atoms with Gasteiger partial charge in [0.05, 0.1) is 0 Å². The minimum atomic E-state index is -0.867. The lowest BCUT2D eigenvalue weighted by Crippen LogP contribution is -2.32. The van der Waals surface area contributed by atoms with Crippen molar-refractivity contribution in [1.29, 1.82) is 0 Å². The molecule has 0 aliphatic rings. The lowest BCUT2D eigenvalue weighted by molar-refractivity contribution is -0.0196. The van der Waals surface area contributed by atoms with E-state index < -0.39 is 18.3 Å². The van der Waals surface area contributed by atoms with Gasteiger partial charge in [0.25, 0.3) is 0 Å². The molecule has 3 N–H and O–H groups in total. The number of hydrogen-bond acceptors (Lipinski definition) is 3. The van der Waals surface area contributed by atoms with Gasteiger partial charge in [-0.05, 0) is 46.2 Å². The second-order valence-corrected chi connectivity index (χ2v) is 5.39. The summed E-state index contributed by atoms with van der Waals surface area (Å²) in [6, 6.07) is 7.43. The minimum absolute atomic E-state index is 0.0182. The first kappa shape index (κ1) is 14.2. The van der Waals surface area contributed by atoms with Crippen LogP contribution in [-0.2, 0) is 4.74 Å². The van der Waals surface area contributed by atoms with Crippen molar-refractivity contribution in [3.63, 3.8) is 0 Å². The van der Waals surface area contributed by atoms with Gasteiger partial charge in [-0.3, -0.25) is 0 Å². The van der Waals surface area contributed by atoms with Crippen LogP contribution in [-0.4, -0.2) is 17.3 Å². The van der Waals surface area contributed by atoms with Gasteiger partial charge < -0.3 is 15.6 Å². The number of aliphatic hydroxyl groups excluding tert-OH is 1. The molecule has 17 heavy (non-hydrogen) atoms. The average Bonchev–Trinajstić information content (AvgIpc) is 2.24. The maximum Gasteiger partial charge on any atom is 0.404 e. The van der Waals surface area contributed by atoms with E-state index in [0.717, 1.165) is 9.13 Å². The van der Waals surface area contributed by atoms with E-state index in [1.165, 1.54) is 0 Å². The Hall–Kier alpha value is -0.820. The summed E-state index contributed by atoms with van der Waals surface area (Å²) in [5, 5.41) is 10.2. The number of carbonyl (C=O) groups excluding carboxylic acids is 1. The molecular formula is C12H16INO3. The maximum absolute atomic E-state index is 10.8. The molecule has 0 unspecified atom stereocenters. The highest BCUT2D eigenvalue weighted by atomic mass is 127. The summed E-state index contributed by atoms with van der Waals surface area (Å²) in [5.41, 5.74) is 5.72. The van der Waals surface area contributed by atoms with Crippen LogP contribution in [0, 0.1) is 9.49 Å². The van der Waals surface area contributed by atoms with Crippen molar-refractivity contribution in [1.82, 2.24) is 0 Å². The Bertz CT molecular complexity index is 395. The Balaban J connectivity index is 2.91. The molecule has 0 saturated heterocycles.